The maximum atomic E-state index is 13.8. The Labute approximate surface area is 188 Å². The van der Waals surface area contributed by atoms with Crippen LogP contribution in [0, 0.1) is 11.7 Å². The second kappa shape index (κ2) is 8.34. The van der Waals surface area contributed by atoms with E-state index < -0.39 is 11.8 Å². The van der Waals surface area contributed by atoms with Crippen LogP contribution < -0.4 is 5.43 Å². The first kappa shape index (κ1) is 20.6. The van der Waals surface area contributed by atoms with E-state index in [4.69, 9.17) is 4.74 Å². The number of halogens is 1. The number of ether oxygens (including phenoxy) is 1. The fourth-order valence-corrected chi connectivity index (χ4v) is 3.86. The standard InChI is InChI=1S/C24H20FN5O3/c1-14-10-18(16-8-5-9-17(25)12-16)22-20(21(14)31)30(13-33-22)29-24(32)23-26-19(27-28-23)11-15-6-3-2-4-7-15/h2-10,12,14H,11,13H2,1H3,(H,29,32)(H,26,27,28)/t14-/m0/s1. The molecule has 33 heavy (non-hydrogen) atoms. The first-order valence-electron chi connectivity index (χ1n) is 10.4. The molecular weight excluding hydrogens is 425 g/mol. The Morgan fingerprint density at radius 1 is 1.24 bits per heavy atom. The highest BCUT2D eigenvalue weighted by molar-refractivity contribution is 6.05. The Hall–Kier alpha value is -4.27. The SMILES string of the molecule is C[C@H]1C=C(c2cccc(F)c2)C2=C(C1=O)N(NC(=O)c1n[nH]c(Cc3ccccc3)n1)CO2. The number of aromatic amines is 1. The van der Waals surface area contributed by atoms with Crippen molar-refractivity contribution in [3.05, 3.63) is 101 Å². The molecule has 1 aromatic heterocycles. The number of benzene rings is 2. The van der Waals surface area contributed by atoms with Gasteiger partial charge in [-0.25, -0.2) is 14.4 Å². The molecule has 0 saturated carbocycles. The van der Waals surface area contributed by atoms with Crippen molar-refractivity contribution in [2.45, 2.75) is 13.3 Å². The molecule has 0 spiro atoms. The van der Waals surface area contributed by atoms with Gasteiger partial charge < -0.3 is 4.74 Å². The number of ketones is 1. The number of rotatable bonds is 5. The molecule has 2 N–H and O–H groups in total. The number of H-pyrrole nitrogens is 1. The summed E-state index contributed by atoms with van der Waals surface area (Å²) in [6.07, 6.45) is 2.24. The fraction of sp³-hybridized carbons (Fsp3) is 0.167. The number of allylic oxidation sites excluding steroid dienone is 3. The largest absolute Gasteiger partial charge is 0.468 e. The minimum absolute atomic E-state index is 0.0489. The Kier molecular flexibility index (Phi) is 5.21. The first-order valence-corrected chi connectivity index (χ1v) is 10.4. The minimum atomic E-state index is -0.578. The molecule has 5 rings (SSSR count). The Balaban J connectivity index is 1.36. The van der Waals surface area contributed by atoms with Crippen molar-refractivity contribution in [1.29, 1.82) is 0 Å². The van der Waals surface area contributed by atoms with Gasteiger partial charge >= 0.3 is 5.91 Å². The summed E-state index contributed by atoms with van der Waals surface area (Å²) in [6.45, 7) is 1.68. The van der Waals surface area contributed by atoms with Gasteiger partial charge in [0.15, 0.2) is 18.3 Å². The van der Waals surface area contributed by atoms with Gasteiger partial charge in [-0.05, 0) is 23.3 Å². The van der Waals surface area contributed by atoms with Crippen molar-refractivity contribution in [2.75, 3.05) is 6.73 Å². The van der Waals surface area contributed by atoms with Crippen molar-refractivity contribution in [3.8, 4) is 0 Å². The summed E-state index contributed by atoms with van der Waals surface area (Å²) in [4.78, 5) is 29.9. The van der Waals surface area contributed by atoms with Crippen LogP contribution in [0.4, 0.5) is 4.39 Å². The second-order valence-corrected chi connectivity index (χ2v) is 7.83. The van der Waals surface area contributed by atoms with Gasteiger partial charge in [-0.3, -0.25) is 20.1 Å². The lowest BCUT2D eigenvalue weighted by molar-refractivity contribution is -0.119. The Morgan fingerprint density at radius 3 is 2.85 bits per heavy atom. The minimum Gasteiger partial charge on any atom is -0.468 e. The smallest absolute Gasteiger partial charge is 0.309 e. The van der Waals surface area contributed by atoms with E-state index in [1.807, 2.05) is 30.3 Å². The summed E-state index contributed by atoms with van der Waals surface area (Å²) in [5.41, 5.74) is 5.10. The molecule has 2 aliphatic rings. The summed E-state index contributed by atoms with van der Waals surface area (Å²) in [7, 11) is 0. The van der Waals surface area contributed by atoms with E-state index in [-0.39, 0.29) is 29.9 Å². The highest BCUT2D eigenvalue weighted by Crippen LogP contribution is 2.38. The van der Waals surface area contributed by atoms with Crippen LogP contribution in [0.15, 0.2) is 72.1 Å². The number of hydrogen-bond donors (Lipinski definition) is 2. The highest BCUT2D eigenvalue weighted by atomic mass is 19.1. The number of amides is 1. The van der Waals surface area contributed by atoms with Crippen LogP contribution >= 0.6 is 0 Å². The van der Waals surface area contributed by atoms with Crippen LogP contribution in [0.1, 0.15) is 34.5 Å². The Bertz CT molecular complexity index is 1300. The van der Waals surface area contributed by atoms with E-state index in [9.17, 15) is 14.0 Å². The number of carbonyl (C=O) groups excluding carboxylic acids is 2. The third kappa shape index (κ3) is 4.00. The van der Waals surface area contributed by atoms with Gasteiger partial charge in [-0.15, -0.1) is 5.10 Å². The number of nitrogens with zero attached hydrogens (tertiary/aromatic N) is 3. The molecular formula is C24H20FN5O3. The van der Waals surface area contributed by atoms with Crippen molar-refractivity contribution in [1.82, 2.24) is 25.6 Å². The van der Waals surface area contributed by atoms with Gasteiger partial charge in [0.1, 0.15) is 17.3 Å². The number of hydrogen-bond acceptors (Lipinski definition) is 6. The molecule has 1 amide bonds. The molecule has 9 heteroatoms. The maximum absolute atomic E-state index is 13.8. The van der Waals surface area contributed by atoms with Gasteiger partial charge in [0.2, 0.25) is 5.82 Å². The normalized spacial score (nSPS) is 17.5. The molecule has 2 aromatic carbocycles. The van der Waals surface area contributed by atoms with Crippen LogP contribution in [0.5, 0.6) is 0 Å². The third-order valence-electron chi connectivity index (χ3n) is 5.45. The predicted octanol–water partition coefficient (Wildman–Crippen LogP) is 2.98. The van der Waals surface area contributed by atoms with Crippen molar-refractivity contribution >= 4 is 17.3 Å². The highest BCUT2D eigenvalue weighted by Gasteiger charge is 2.38. The number of nitrogens with one attached hydrogen (secondary N) is 2. The molecule has 0 fully saturated rings. The molecule has 166 valence electrons. The topological polar surface area (TPSA) is 100 Å². The average molecular weight is 445 g/mol. The molecule has 8 nitrogen and oxygen atoms in total. The van der Waals surface area contributed by atoms with Crippen LogP contribution in [-0.4, -0.2) is 38.6 Å². The monoisotopic (exact) mass is 445 g/mol. The van der Waals surface area contributed by atoms with Crippen LogP contribution in [0.3, 0.4) is 0 Å². The lowest BCUT2D eigenvalue weighted by atomic mass is 9.89. The summed E-state index contributed by atoms with van der Waals surface area (Å²) >= 11 is 0. The summed E-state index contributed by atoms with van der Waals surface area (Å²) in [5.74, 6) is -0.838. The molecule has 0 unspecified atom stereocenters. The van der Waals surface area contributed by atoms with E-state index in [0.717, 1.165) is 5.56 Å². The summed E-state index contributed by atoms with van der Waals surface area (Å²) in [5, 5.41) is 8.11. The van der Waals surface area contributed by atoms with Crippen LogP contribution in [0.25, 0.3) is 5.57 Å². The van der Waals surface area contributed by atoms with Crippen molar-refractivity contribution < 1.29 is 18.7 Å². The quantitative estimate of drug-likeness (QED) is 0.626. The average Bonchev–Trinajstić information content (AvgIpc) is 3.45. The zero-order chi connectivity index (χ0) is 22.9. The molecule has 0 radical (unpaired) electrons. The molecule has 0 bridgehead atoms. The van der Waals surface area contributed by atoms with Crippen LogP contribution in [-0.2, 0) is 16.0 Å². The second-order valence-electron chi connectivity index (χ2n) is 7.83. The van der Waals surface area contributed by atoms with E-state index in [1.54, 1.807) is 25.1 Å². The third-order valence-corrected chi connectivity index (χ3v) is 5.45. The van der Waals surface area contributed by atoms with E-state index >= 15 is 0 Å². The molecule has 1 aliphatic carbocycles. The van der Waals surface area contributed by atoms with Gasteiger partial charge in [-0.1, -0.05) is 55.5 Å². The number of hydrazine groups is 1. The number of Topliss-reactive ketones (excluding diaryl/α,β-unsaturated/α-hetero) is 1. The van der Waals surface area contributed by atoms with Gasteiger partial charge in [-0.2, -0.15) is 0 Å². The van der Waals surface area contributed by atoms with E-state index in [1.165, 1.54) is 17.1 Å². The number of carbonyl (C=O) groups is 2. The zero-order valence-electron chi connectivity index (χ0n) is 17.7. The van der Waals surface area contributed by atoms with Crippen LogP contribution in [0.2, 0.25) is 0 Å². The molecule has 2 heterocycles. The van der Waals surface area contributed by atoms with Crippen molar-refractivity contribution in [3.63, 3.8) is 0 Å². The lowest BCUT2D eigenvalue weighted by Crippen LogP contribution is -2.43. The first-order chi connectivity index (χ1) is 16.0. The van der Waals surface area contributed by atoms with Crippen molar-refractivity contribution in [2.24, 2.45) is 5.92 Å². The van der Waals surface area contributed by atoms with E-state index in [2.05, 4.69) is 20.6 Å². The molecule has 1 atom stereocenters. The zero-order valence-corrected chi connectivity index (χ0v) is 17.7. The van der Waals surface area contributed by atoms with Gasteiger partial charge in [0.05, 0.1) is 0 Å². The molecule has 3 aromatic rings. The maximum Gasteiger partial charge on any atom is 0.309 e. The molecule has 0 saturated heterocycles. The lowest BCUT2D eigenvalue weighted by Gasteiger charge is -2.23. The summed E-state index contributed by atoms with van der Waals surface area (Å²) < 4.78 is 19.5. The molecule has 1 aliphatic heterocycles. The van der Waals surface area contributed by atoms with Gasteiger partial charge in [0.25, 0.3) is 0 Å². The Morgan fingerprint density at radius 2 is 2.06 bits per heavy atom. The van der Waals surface area contributed by atoms with E-state index in [0.29, 0.717) is 29.1 Å². The van der Waals surface area contributed by atoms with Gasteiger partial charge in [0, 0.05) is 17.9 Å². The summed E-state index contributed by atoms with van der Waals surface area (Å²) in [6, 6.07) is 15.7. The predicted molar refractivity (Wildman–Crippen MR) is 116 cm³/mol. The number of aromatic nitrogens is 3. The fourth-order valence-electron chi connectivity index (χ4n) is 3.86.